The summed E-state index contributed by atoms with van der Waals surface area (Å²) >= 11 is 6.15. The molecule has 1 atom stereocenters. The third kappa shape index (κ3) is 3.14. The van der Waals surface area contributed by atoms with Crippen LogP contribution < -0.4 is 5.73 Å². The first kappa shape index (κ1) is 14.0. The molecule has 100 valence electrons. The van der Waals surface area contributed by atoms with Crippen LogP contribution >= 0.6 is 11.6 Å². The van der Waals surface area contributed by atoms with Crippen LogP contribution in [0, 0.1) is 19.7 Å². The molecule has 1 nitrogen and oxygen atoms in total. The van der Waals surface area contributed by atoms with Crippen molar-refractivity contribution in [1.82, 2.24) is 0 Å². The predicted octanol–water partition coefficient (Wildman–Crippen LogP) is 4.34. The van der Waals surface area contributed by atoms with Gasteiger partial charge in [0.15, 0.2) is 0 Å². The molecule has 3 heteroatoms. The smallest absolute Gasteiger partial charge is 0.123 e. The van der Waals surface area contributed by atoms with Gasteiger partial charge in [0.1, 0.15) is 5.82 Å². The van der Waals surface area contributed by atoms with E-state index in [0.29, 0.717) is 6.42 Å². The van der Waals surface area contributed by atoms with Gasteiger partial charge >= 0.3 is 0 Å². The average molecular weight is 278 g/mol. The highest BCUT2D eigenvalue weighted by Crippen LogP contribution is 2.26. The number of hydrogen-bond acceptors (Lipinski definition) is 1. The summed E-state index contributed by atoms with van der Waals surface area (Å²) in [5, 5.41) is 0.718. The van der Waals surface area contributed by atoms with Crippen molar-refractivity contribution in [2.75, 3.05) is 0 Å². The van der Waals surface area contributed by atoms with Crippen molar-refractivity contribution in [2.45, 2.75) is 26.3 Å². The summed E-state index contributed by atoms with van der Waals surface area (Å²) in [7, 11) is 0. The Morgan fingerprint density at radius 1 is 1.16 bits per heavy atom. The zero-order valence-electron chi connectivity index (χ0n) is 11.1. The SMILES string of the molecule is Cc1cc(F)cc(C)c1C(N)Cc1ccccc1Cl. The third-order valence-corrected chi connectivity index (χ3v) is 3.70. The van der Waals surface area contributed by atoms with Gasteiger partial charge in [0, 0.05) is 11.1 Å². The summed E-state index contributed by atoms with van der Waals surface area (Å²) in [6.07, 6.45) is 0.646. The lowest BCUT2D eigenvalue weighted by Gasteiger charge is -2.18. The lowest BCUT2D eigenvalue weighted by Crippen LogP contribution is -2.16. The molecule has 2 aromatic carbocycles. The van der Waals surface area contributed by atoms with Gasteiger partial charge in [-0.05, 0) is 60.7 Å². The minimum absolute atomic E-state index is 0.180. The Morgan fingerprint density at radius 2 is 1.74 bits per heavy atom. The standard InChI is InChI=1S/C16H17ClFN/c1-10-7-13(18)8-11(2)16(10)15(19)9-12-5-3-4-6-14(12)17/h3-8,15H,9,19H2,1-2H3. The maximum absolute atomic E-state index is 13.3. The second-order valence-electron chi connectivity index (χ2n) is 4.86. The van der Waals surface area contributed by atoms with E-state index in [1.165, 1.54) is 12.1 Å². The third-order valence-electron chi connectivity index (χ3n) is 3.33. The molecule has 0 aromatic heterocycles. The highest BCUT2D eigenvalue weighted by Gasteiger charge is 2.15. The van der Waals surface area contributed by atoms with Gasteiger partial charge in [-0.2, -0.15) is 0 Å². The van der Waals surface area contributed by atoms with Gasteiger partial charge in [-0.1, -0.05) is 29.8 Å². The predicted molar refractivity (Wildman–Crippen MR) is 78.0 cm³/mol. The maximum atomic E-state index is 13.3. The molecule has 0 aliphatic heterocycles. The molecule has 0 fully saturated rings. The summed E-state index contributed by atoms with van der Waals surface area (Å²) in [5.74, 6) is -0.219. The van der Waals surface area contributed by atoms with Crippen molar-refractivity contribution in [1.29, 1.82) is 0 Å². The Kier molecular flexibility index (Phi) is 4.23. The summed E-state index contributed by atoms with van der Waals surface area (Å²) in [4.78, 5) is 0. The van der Waals surface area contributed by atoms with Gasteiger partial charge in [-0.3, -0.25) is 0 Å². The van der Waals surface area contributed by atoms with Crippen molar-refractivity contribution in [3.8, 4) is 0 Å². The number of hydrogen-bond donors (Lipinski definition) is 1. The monoisotopic (exact) mass is 277 g/mol. The molecule has 19 heavy (non-hydrogen) atoms. The zero-order chi connectivity index (χ0) is 14.0. The number of benzene rings is 2. The summed E-state index contributed by atoms with van der Waals surface area (Å²) in [5.41, 5.74) is 10.1. The molecule has 0 aliphatic carbocycles. The Morgan fingerprint density at radius 3 is 2.32 bits per heavy atom. The molecule has 0 spiro atoms. The fourth-order valence-electron chi connectivity index (χ4n) is 2.51. The minimum atomic E-state index is -0.219. The number of nitrogens with two attached hydrogens (primary N) is 1. The van der Waals surface area contributed by atoms with Crippen LogP contribution in [-0.4, -0.2) is 0 Å². The normalized spacial score (nSPS) is 12.5. The van der Waals surface area contributed by atoms with Gasteiger partial charge in [-0.25, -0.2) is 4.39 Å². The molecule has 2 N–H and O–H groups in total. The van der Waals surface area contributed by atoms with E-state index in [0.717, 1.165) is 27.3 Å². The Bertz CT molecular complexity index is 572. The Hall–Kier alpha value is -1.38. The van der Waals surface area contributed by atoms with E-state index in [1.807, 2.05) is 38.1 Å². The van der Waals surface area contributed by atoms with E-state index in [-0.39, 0.29) is 11.9 Å². The van der Waals surface area contributed by atoms with Crippen LogP contribution in [0.1, 0.15) is 28.3 Å². The van der Waals surface area contributed by atoms with Crippen molar-refractivity contribution < 1.29 is 4.39 Å². The second kappa shape index (κ2) is 5.72. The first-order valence-electron chi connectivity index (χ1n) is 6.24. The fraction of sp³-hybridized carbons (Fsp3) is 0.250. The second-order valence-corrected chi connectivity index (χ2v) is 5.26. The lowest BCUT2D eigenvalue weighted by atomic mass is 9.92. The van der Waals surface area contributed by atoms with Gasteiger partial charge in [-0.15, -0.1) is 0 Å². The molecule has 2 aromatic rings. The average Bonchev–Trinajstić information content (AvgIpc) is 2.30. The maximum Gasteiger partial charge on any atom is 0.123 e. The molecule has 0 aliphatic rings. The first-order valence-corrected chi connectivity index (χ1v) is 6.62. The van der Waals surface area contributed by atoms with E-state index in [4.69, 9.17) is 17.3 Å². The Balaban J connectivity index is 2.31. The van der Waals surface area contributed by atoms with E-state index in [1.54, 1.807) is 0 Å². The molecule has 0 bridgehead atoms. The van der Waals surface area contributed by atoms with E-state index in [2.05, 4.69) is 0 Å². The summed E-state index contributed by atoms with van der Waals surface area (Å²) in [6.45, 7) is 3.77. The highest BCUT2D eigenvalue weighted by atomic mass is 35.5. The van der Waals surface area contributed by atoms with Crippen molar-refractivity contribution in [3.05, 3.63) is 69.5 Å². The van der Waals surface area contributed by atoms with Crippen molar-refractivity contribution in [3.63, 3.8) is 0 Å². The summed E-state index contributed by atoms with van der Waals surface area (Å²) in [6, 6.07) is 10.5. The molecular formula is C16H17ClFN. The minimum Gasteiger partial charge on any atom is -0.324 e. The van der Waals surface area contributed by atoms with E-state index >= 15 is 0 Å². The highest BCUT2D eigenvalue weighted by molar-refractivity contribution is 6.31. The molecule has 0 saturated carbocycles. The molecule has 0 amide bonds. The lowest BCUT2D eigenvalue weighted by molar-refractivity contribution is 0.620. The molecule has 2 rings (SSSR count). The topological polar surface area (TPSA) is 26.0 Å². The summed E-state index contributed by atoms with van der Waals surface area (Å²) < 4.78 is 13.3. The van der Waals surface area contributed by atoms with Gasteiger partial charge in [0.2, 0.25) is 0 Å². The van der Waals surface area contributed by atoms with Crippen molar-refractivity contribution in [2.24, 2.45) is 5.73 Å². The fourth-order valence-corrected chi connectivity index (χ4v) is 2.72. The number of aryl methyl sites for hydroxylation is 2. The van der Waals surface area contributed by atoms with Crippen molar-refractivity contribution >= 4 is 11.6 Å². The van der Waals surface area contributed by atoms with Crippen LogP contribution in [0.5, 0.6) is 0 Å². The largest absolute Gasteiger partial charge is 0.324 e. The number of halogens is 2. The zero-order valence-corrected chi connectivity index (χ0v) is 11.8. The molecule has 1 unspecified atom stereocenters. The van der Waals surface area contributed by atoms with Gasteiger partial charge in [0.25, 0.3) is 0 Å². The van der Waals surface area contributed by atoms with Crippen LogP contribution in [0.3, 0.4) is 0 Å². The van der Waals surface area contributed by atoms with Gasteiger partial charge < -0.3 is 5.73 Å². The molecule has 0 heterocycles. The van der Waals surface area contributed by atoms with Crippen LogP contribution in [0.25, 0.3) is 0 Å². The molecule has 0 saturated heterocycles. The Labute approximate surface area is 118 Å². The van der Waals surface area contributed by atoms with Crippen LogP contribution in [0.15, 0.2) is 36.4 Å². The molecule has 0 radical (unpaired) electrons. The number of rotatable bonds is 3. The first-order chi connectivity index (χ1) is 8.99. The van der Waals surface area contributed by atoms with Crippen LogP contribution in [-0.2, 0) is 6.42 Å². The van der Waals surface area contributed by atoms with Crippen LogP contribution in [0.4, 0.5) is 4.39 Å². The molecular weight excluding hydrogens is 261 g/mol. The quantitative estimate of drug-likeness (QED) is 0.887. The van der Waals surface area contributed by atoms with Gasteiger partial charge in [0.05, 0.1) is 0 Å². The van der Waals surface area contributed by atoms with Crippen LogP contribution in [0.2, 0.25) is 5.02 Å². The van der Waals surface area contributed by atoms with E-state index in [9.17, 15) is 4.39 Å². The van der Waals surface area contributed by atoms with E-state index < -0.39 is 0 Å².